The molecule has 1 aromatic carbocycles. The first kappa shape index (κ1) is 22.2. The largest absolute Gasteiger partial charge is 0.493 e. The lowest BCUT2D eigenvalue weighted by atomic mass is 9.79. The highest BCUT2D eigenvalue weighted by molar-refractivity contribution is 7.84. The molecule has 0 fully saturated rings. The molecule has 0 saturated carbocycles. The molecular weight excluding hydrogens is 398 g/mol. The minimum atomic E-state index is -4.17. The number of esters is 1. The van der Waals surface area contributed by atoms with Gasteiger partial charge in [0, 0.05) is 24.1 Å². The first-order valence-electron chi connectivity index (χ1n) is 8.53. The lowest BCUT2D eigenvalue weighted by molar-refractivity contribution is -0.385. The highest BCUT2D eigenvalue weighted by Gasteiger charge is 2.64. The third kappa shape index (κ3) is 3.86. The van der Waals surface area contributed by atoms with Crippen LogP contribution in [0.15, 0.2) is 18.2 Å². The van der Waals surface area contributed by atoms with E-state index in [0.717, 1.165) is 12.1 Å². The summed E-state index contributed by atoms with van der Waals surface area (Å²) in [6.45, 7) is 5.59. The van der Waals surface area contributed by atoms with Crippen LogP contribution in [0.1, 0.15) is 39.7 Å². The second kappa shape index (κ2) is 7.70. The Balaban J connectivity index is 2.74. The molecule has 0 radical (unpaired) electrons. The average molecular weight is 420 g/mol. The highest BCUT2D eigenvalue weighted by atomic mass is 32.2. The lowest BCUT2D eigenvalue weighted by Gasteiger charge is -2.43. The number of carbonyl (C=O) groups is 1. The van der Waals surface area contributed by atoms with E-state index in [-0.39, 0.29) is 24.5 Å². The lowest BCUT2D eigenvalue weighted by Crippen LogP contribution is -2.63. The van der Waals surface area contributed by atoms with Crippen molar-refractivity contribution in [2.45, 2.75) is 50.3 Å². The summed E-state index contributed by atoms with van der Waals surface area (Å²) < 4.78 is 54.9. The van der Waals surface area contributed by atoms with Crippen molar-refractivity contribution in [3.8, 4) is 5.75 Å². The van der Waals surface area contributed by atoms with Crippen LogP contribution in [0.2, 0.25) is 0 Å². The summed E-state index contributed by atoms with van der Waals surface area (Å²) in [6, 6.07) is 3.21. The van der Waals surface area contributed by atoms with Crippen molar-refractivity contribution in [1.29, 1.82) is 0 Å². The molecule has 1 aliphatic rings. The minimum absolute atomic E-state index is 0.0563. The molecule has 11 heteroatoms. The Labute approximate surface area is 163 Å². The summed E-state index contributed by atoms with van der Waals surface area (Å²) in [5, 5.41) is 11.2. The fourth-order valence-electron chi connectivity index (χ4n) is 2.74. The number of fused-ring (bicyclic) bond motifs is 1. The molecule has 156 valence electrons. The van der Waals surface area contributed by atoms with E-state index in [1.807, 2.05) is 0 Å². The monoisotopic (exact) mass is 420 g/mol. The van der Waals surface area contributed by atoms with Crippen LogP contribution >= 0.6 is 0 Å². The van der Waals surface area contributed by atoms with Crippen molar-refractivity contribution in [3.63, 3.8) is 0 Å². The van der Waals surface area contributed by atoms with Crippen LogP contribution in [0, 0.1) is 10.1 Å². The van der Waals surface area contributed by atoms with Gasteiger partial charge in [0.1, 0.15) is 11.3 Å². The molecule has 8 nitrogen and oxygen atoms in total. The fourth-order valence-corrected chi connectivity index (χ4v) is 3.71. The number of benzene rings is 1. The van der Waals surface area contributed by atoms with Crippen molar-refractivity contribution in [2.75, 3.05) is 13.2 Å². The number of rotatable bonds is 6. The van der Waals surface area contributed by atoms with Gasteiger partial charge in [-0.25, -0.2) is 13.7 Å². The van der Waals surface area contributed by atoms with Gasteiger partial charge < -0.3 is 9.47 Å². The van der Waals surface area contributed by atoms with Crippen LogP contribution in [0.4, 0.5) is 14.5 Å². The Morgan fingerprint density at radius 1 is 1.43 bits per heavy atom. The molecule has 0 bridgehead atoms. The van der Waals surface area contributed by atoms with E-state index in [1.165, 1.54) is 13.0 Å². The Morgan fingerprint density at radius 2 is 2.07 bits per heavy atom. The fraction of sp³-hybridized carbons (Fsp3) is 0.588. The van der Waals surface area contributed by atoms with Gasteiger partial charge >= 0.3 is 11.9 Å². The van der Waals surface area contributed by atoms with E-state index >= 15 is 8.78 Å². The maximum absolute atomic E-state index is 15.4. The van der Waals surface area contributed by atoms with Crippen molar-refractivity contribution < 1.29 is 32.2 Å². The normalized spacial score (nSPS) is 20.6. The van der Waals surface area contributed by atoms with E-state index in [1.54, 1.807) is 20.8 Å². The van der Waals surface area contributed by atoms with Crippen LogP contribution in [0.25, 0.3) is 0 Å². The third-order valence-electron chi connectivity index (χ3n) is 4.26. The highest BCUT2D eigenvalue weighted by Crippen LogP contribution is 2.49. The van der Waals surface area contributed by atoms with Crippen LogP contribution in [0.3, 0.4) is 0 Å². The molecule has 0 amide bonds. The van der Waals surface area contributed by atoms with E-state index < -0.39 is 50.2 Å². The van der Waals surface area contributed by atoms with Gasteiger partial charge in [0.15, 0.2) is 0 Å². The zero-order chi connectivity index (χ0) is 21.3. The minimum Gasteiger partial charge on any atom is -0.493 e. The van der Waals surface area contributed by atoms with E-state index in [4.69, 9.17) is 4.74 Å². The number of nitro benzene ring substituents is 1. The molecule has 0 saturated heterocycles. The van der Waals surface area contributed by atoms with Gasteiger partial charge in [0.05, 0.1) is 33.9 Å². The maximum Gasteiger partial charge on any atom is 0.379 e. The van der Waals surface area contributed by atoms with Crippen molar-refractivity contribution in [1.82, 2.24) is 4.72 Å². The average Bonchev–Trinajstić information content (AvgIpc) is 2.60. The summed E-state index contributed by atoms with van der Waals surface area (Å²) >= 11 is 0. The SMILES string of the molecule is CCOC(=O)C(F)(F)C1(NS(=O)C(C)(C)C)CCOc2ccc([N+](=O)[O-])cc21. The van der Waals surface area contributed by atoms with E-state index in [2.05, 4.69) is 9.46 Å². The number of nitrogens with zero attached hydrogens (tertiary/aromatic N) is 1. The molecule has 0 spiro atoms. The van der Waals surface area contributed by atoms with Crippen molar-refractivity contribution >= 4 is 22.6 Å². The molecule has 28 heavy (non-hydrogen) atoms. The zero-order valence-electron chi connectivity index (χ0n) is 15.9. The molecule has 1 N–H and O–H groups in total. The number of nitrogens with one attached hydrogen (secondary N) is 1. The predicted octanol–water partition coefficient (Wildman–Crippen LogP) is 2.82. The number of non-ortho nitro benzene ring substituents is 1. The molecule has 1 aromatic rings. The van der Waals surface area contributed by atoms with Gasteiger partial charge in [-0.15, -0.1) is 0 Å². The Hall–Kier alpha value is -2.14. The van der Waals surface area contributed by atoms with Gasteiger partial charge in [0.2, 0.25) is 0 Å². The number of hydrogen-bond donors (Lipinski definition) is 1. The van der Waals surface area contributed by atoms with Gasteiger partial charge in [-0.3, -0.25) is 10.1 Å². The van der Waals surface area contributed by atoms with Crippen molar-refractivity contribution in [2.24, 2.45) is 0 Å². The second-order valence-electron chi connectivity index (χ2n) is 7.22. The molecule has 2 atom stereocenters. The van der Waals surface area contributed by atoms with Crippen molar-refractivity contribution in [3.05, 3.63) is 33.9 Å². The molecule has 1 aliphatic heterocycles. The number of nitro groups is 1. The molecular formula is C17H22F2N2O6S. The number of halogens is 2. The number of alkyl halides is 2. The molecule has 2 unspecified atom stereocenters. The molecule has 0 aliphatic carbocycles. The van der Waals surface area contributed by atoms with Gasteiger partial charge in [-0.2, -0.15) is 8.78 Å². The predicted molar refractivity (Wildman–Crippen MR) is 97.5 cm³/mol. The number of carbonyl (C=O) groups excluding carboxylic acids is 1. The van der Waals surface area contributed by atoms with Gasteiger partial charge in [-0.05, 0) is 33.8 Å². The number of hydrogen-bond acceptors (Lipinski definition) is 6. The summed E-state index contributed by atoms with van der Waals surface area (Å²) in [5.41, 5.74) is -3.28. The summed E-state index contributed by atoms with van der Waals surface area (Å²) in [4.78, 5) is 22.6. The first-order valence-corrected chi connectivity index (χ1v) is 9.68. The van der Waals surface area contributed by atoms with Crippen LogP contribution in [-0.2, 0) is 26.1 Å². The summed E-state index contributed by atoms with van der Waals surface area (Å²) in [7, 11) is -2.03. The maximum atomic E-state index is 15.4. The Kier molecular flexibility index (Phi) is 6.10. The van der Waals surface area contributed by atoms with Crippen LogP contribution in [-0.4, -0.2) is 39.0 Å². The smallest absolute Gasteiger partial charge is 0.379 e. The summed E-state index contributed by atoms with van der Waals surface area (Å²) in [5.74, 6) is -6.04. The third-order valence-corrected chi connectivity index (χ3v) is 5.91. The second-order valence-corrected chi connectivity index (χ2v) is 9.19. The molecule has 2 rings (SSSR count). The van der Waals surface area contributed by atoms with Crippen LogP contribution in [0.5, 0.6) is 5.75 Å². The first-order chi connectivity index (χ1) is 12.9. The zero-order valence-corrected chi connectivity index (χ0v) is 16.7. The van der Waals surface area contributed by atoms with Gasteiger partial charge in [0.25, 0.3) is 5.69 Å². The Morgan fingerprint density at radius 3 is 2.61 bits per heavy atom. The molecule has 1 heterocycles. The van der Waals surface area contributed by atoms with E-state index in [9.17, 15) is 19.1 Å². The van der Waals surface area contributed by atoms with E-state index in [0.29, 0.717) is 0 Å². The summed E-state index contributed by atoms with van der Waals surface area (Å²) in [6.07, 6.45) is -0.450. The topological polar surface area (TPSA) is 108 Å². The van der Waals surface area contributed by atoms with Gasteiger partial charge in [-0.1, -0.05) is 0 Å². The van der Waals surface area contributed by atoms with Crippen LogP contribution < -0.4 is 9.46 Å². The molecule has 0 aromatic heterocycles. The quantitative estimate of drug-likeness (QED) is 0.431. The number of ether oxygens (including phenoxy) is 2. The Bertz CT molecular complexity index is 811. The standard InChI is InChI=1S/C17H22F2N2O6S/c1-5-26-14(22)17(18,19)16(20-28(25)15(2,3)4)8-9-27-13-7-6-11(21(23)24)10-12(13)16/h6-7,10,20H,5,8-9H2,1-4H3.